The van der Waals surface area contributed by atoms with Crippen molar-refractivity contribution in [2.45, 2.75) is 6.92 Å². The van der Waals surface area contributed by atoms with Gasteiger partial charge in [0.05, 0.1) is 11.9 Å². The van der Waals surface area contributed by atoms with E-state index in [2.05, 4.69) is 38.4 Å². The molecule has 2 aromatic carbocycles. The minimum absolute atomic E-state index is 0.707. The quantitative estimate of drug-likeness (QED) is 0.364. The molecular formula is C20H17ClN4S. The molecule has 2 aromatic heterocycles. The summed E-state index contributed by atoms with van der Waals surface area (Å²) in [5, 5.41) is 7.02. The molecule has 0 spiro atoms. The summed E-state index contributed by atoms with van der Waals surface area (Å²) in [6.07, 6.45) is 3.90. The Labute approximate surface area is 160 Å². The number of anilines is 1. The molecule has 0 radical (unpaired) electrons. The third-order valence-electron chi connectivity index (χ3n) is 4.19. The molecule has 0 saturated carbocycles. The second-order valence-corrected chi connectivity index (χ2v) is 7.66. The molecule has 0 atom stereocenters. The van der Waals surface area contributed by atoms with Crippen LogP contribution in [0.1, 0.15) is 10.4 Å². The molecule has 0 aliphatic rings. The molecule has 0 unspecified atom stereocenters. The summed E-state index contributed by atoms with van der Waals surface area (Å²) in [6, 6.07) is 16.0. The van der Waals surface area contributed by atoms with Gasteiger partial charge in [0, 0.05) is 45.2 Å². The van der Waals surface area contributed by atoms with Crippen LogP contribution < -0.4 is 5.43 Å². The van der Waals surface area contributed by atoms with Gasteiger partial charge >= 0.3 is 0 Å². The SMILES string of the molecule is Cc1sc(N/N=C/c2cn(C)c3ccccc23)nc1-c1cccc(Cl)c1. The van der Waals surface area contributed by atoms with Crippen LogP contribution in [0.3, 0.4) is 0 Å². The molecule has 1 N–H and O–H groups in total. The molecule has 130 valence electrons. The third-order valence-corrected chi connectivity index (χ3v) is 5.30. The van der Waals surface area contributed by atoms with E-state index in [1.54, 1.807) is 11.3 Å². The smallest absolute Gasteiger partial charge is 0.204 e. The van der Waals surface area contributed by atoms with E-state index < -0.39 is 0 Å². The number of fused-ring (bicyclic) bond motifs is 1. The van der Waals surface area contributed by atoms with Gasteiger partial charge in [-0.05, 0) is 25.1 Å². The first-order valence-electron chi connectivity index (χ1n) is 8.18. The Morgan fingerprint density at radius 3 is 2.88 bits per heavy atom. The number of hydrazone groups is 1. The second-order valence-electron chi connectivity index (χ2n) is 6.02. The molecule has 0 fully saturated rings. The fourth-order valence-corrected chi connectivity index (χ4v) is 3.96. The molecule has 26 heavy (non-hydrogen) atoms. The van der Waals surface area contributed by atoms with Gasteiger partial charge in [0.15, 0.2) is 0 Å². The molecule has 0 aliphatic heterocycles. The number of nitrogens with zero attached hydrogens (tertiary/aromatic N) is 3. The van der Waals surface area contributed by atoms with Crippen LogP contribution in [0.2, 0.25) is 5.02 Å². The van der Waals surface area contributed by atoms with Crippen LogP contribution in [-0.4, -0.2) is 15.8 Å². The van der Waals surface area contributed by atoms with Crippen molar-refractivity contribution in [3.8, 4) is 11.3 Å². The van der Waals surface area contributed by atoms with Crippen molar-refractivity contribution in [2.24, 2.45) is 12.1 Å². The number of thiazole rings is 1. The Morgan fingerprint density at radius 2 is 2.04 bits per heavy atom. The molecule has 6 heteroatoms. The fraction of sp³-hybridized carbons (Fsp3) is 0.100. The van der Waals surface area contributed by atoms with Crippen LogP contribution in [0.5, 0.6) is 0 Å². The van der Waals surface area contributed by atoms with E-state index in [0.29, 0.717) is 5.02 Å². The highest BCUT2D eigenvalue weighted by molar-refractivity contribution is 7.16. The van der Waals surface area contributed by atoms with E-state index in [1.807, 2.05) is 56.6 Å². The van der Waals surface area contributed by atoms with Crippen molar-refractivity contribution in [3.63, 3.8) is 0 Å². The minimum atomic E-state index is 0.707. The van der Waals surface area contributed by atoms with E-state index in [9.17, 15) is 0 Å². The van der Waals surface area contributed by atoms with Crippen molar-refractivity contribution < 1.29 is 0 Å². The van der Waals surface area contributed by atoms with Crippen molar-refractivity contribution >= 4 is 45.2 Å². The van der Waals surface area contributed by atoms with Crippen LogP contribution in [0.25, 0.3) is 22.2 Å². The number of nitrogens with one attached hydrogen (secondary N) is 1. The number of benzene rings is 2. The first kappa shape index (κ1) is 16.8. The number of aryl methyl sites for hydroxylation is 2. The van der Waals surface area contributed by atoms with Gasteiger partial charge in [-0.25, -0.2) is 4.98 Å². The van der Waals surface area contributed by atoms with Crippen LogP contribution in [0.15, 0.2) is 59.8 Å². The Hall–Kier alpha value is -2.63. The monoisotopic (exact) mass is 380 g/mol. The molecule has 0 saturated heterocycles. The van der Waals surface area contributed by atoms with Crippen LogP contribution in [0.4, 0.5) is 5.13 Å². The predicted molar refractivity (Wildman–Crippen MR) is 111 cm³/mol. The molecule has 0 amide bonds. The van der Waals surface area contributed by atoms with Gasteiger partial charge in [-0.1, -0.05) is 41.9 Å². The molecule has 4 rings (SSSR count). The summed E-state index contributed by atoms with van der Waals surface area (Å²) in [5.41, 5.74) is 7.24. The zero-order valence-electron chi connectivity index (χ0n) is 14.4. The third kappa shape index (κ3) is 3.23. The molecular weight excluding hydrogens is 364 g/mol. The summed E-state index contributed by atoms with van der Waals surface area (Å²) >= 11 is 7.66. The molecule has 0 aliphatic carbocycles. The largest absolute Gasteiger partial charge is 0.350 e. The molecule has 2 heterocycles. The van der Waals surface area contributed by atoms with Gasteiger partial charge in [-0.2, -0.15) is 5.10 Å². The summed E-state index contributed by atoms with van der Waals surface area (Å²) < 4.78 is 2.10. The normalized spacial score (nSPS) is 11.5. The summed E-state index contributed by atoms with van der Waals surface area (Å²) in [5.74, 6) is 0. The summed E-state index contributed by atoms with van der Waals surface area (Å²) in [4.78, 5) is 5.77. The fourth-order valence-electron chi connectivity index (χ4n) is 2.98. The molecule has 4 aromatic rings. The first-order valence-corrected chi connectivity index (χ1v) is 9.38. The predicted octanol–water partition coefficient (Wildman–Crippen LogP) is 5.71. The Morgan fingerprint density at radius 1 is 1.19 bits per heavy atom. The van der Waals surface area contributed by atoms with Crippen LogP contribution in [-0.2, 0) is 7.05 Å². The number of para-hydroxylation sites is 1. The Kier molecular flexibility index (Phi) is 4.49. The lowest BCUT2D eigenvalue weighted by Gasteiger charge is -1.98. The maximum absolute atomic E-state index is 6.09. The zero-order chi connectivity index (χ0) is 18.1. The van der Waals surface area contributed by atoms with Crippen molar-refractivity contribution in [1.29, 1.82) is 0 Å². The number of rotatable bonds is 4. The zero-order valence-corrected chi connectivity index (χ0v) is 16.0. The first-order chi connectivity index (χ1) is 12.6. The highest BCUT2D eigenvalue weighted by atomic mass is 35.5. The van der Waals surface area contributed by atoms with Gasteiger partial charge in [0.2, 0.25) is 5.13 Å². The minimum Gasteiger partial charge on any atom is -0.350 e. The molecule has 4 nitrogen and oxygen atoms in total. The average molecular weight is 381 g/mol. The van der Waals surface area contributed by atoms with E-state index in [1.165, 1.54) is 10.9 Å². The number of hydrogen-bond donors (Lipinski definition) is 1. The average Bonchev–Trinajstić information content (AvgIpc) is 3.16. The van der Waals surface area contributed by atoms with Gasteiger partial charge in [-0.3, -0.25) is 5.43 Å². The number of aromatic nitrogens is 2. The van der Waals surface area contributed by atoms with Crippen LogP contribution in [0, 0.1) is 6.92 Å². The Bertz CT molecular complexity index is 1110. The van der Waals surface area contributed by atoms with Crippen molar-refractivity contribution in [1.82, 2.24) is 9.55 Å². The molecule has 0 bridgehead atoms. The topological polar surface area (TPSA) is 42.2 Å². The van der Waals surface area contributed by atoms with Gasteiger partial charge in [-0.15, -0.1) is 11.3 Å². The number of halogens is 1. The van der Waals surface area contributed by atoms with E-state index >= 15 is 0 Å². The van der Waals surface area contributed by atoms with E-state index in [0.717, 1.165) is 26.8 Å². The second kappa shape index (κ2) is 6.94. The van der Waals surface area contributed by atoms with Gasteiger partial charge < -0.3 is 4.57 Å². The van der Waals surface area contributed by atoms with Crippen molar-refractivity contribution in [2.75, 3.05) is 5.43 Å². The van der Waals surface area contributed by atoms with Crippen LogP contribution >= 0.6 is 22.9 Å². The number of hydrogen-bond acceptors (Lipinski definition) is 4. The lowest BCUT2D eigenvalue weighted by atomic mass is 10.1. The highest BCUT2D eigenvalue weighted by Gasteiger charge is 2.10. The van der Waals surface area contributed by atoms with Gasteiger partial charge in [0.1, 0.15) is 0 Å². The maximum Gasteiger partial charge on any atom is 0.204 e. The summed E-state index contributed by atoms with van der Waals surface area (Å²) in [6.45, 7) is 2.05. The maximum atomic E-state index is 6.09. The summed E-state index contributed by atoms with van der Waals surface area (Å²) in [7, 11) is 2.04. The van der Waals surface area contributed by atoms with E-state index in [4.69, 9.17) is 11.6 Å². The lowest BCUT2D eigenvalue weighted by molar-refractivity contribution is 0.968. The Balaban J connectivity index is 1.57. The van der Waals surface area contributed by atoms with Crippen molar-refractivity contribution in [3.05, 3.63) is 70.2 Å². The standard InChI is InChI=1S/C20H17ClN4S/c1-13-19(14-6-5-7-16(21)10-14)23-20(26-13)24-22-11-15-12-25(2)18-9-4-3-8-17(15)18/h3-12H,1-2H3,(H,23,24)/b22-11+. The lowest BCUT2D eigenvalue weighted by Crippen LogP contribution is -1.90. The van der Waals surface area contributed by atoms with E-state index in [-0.39, 0.29) is 0 Å². The highest BCUT2D eigenvalue weighted by Crippen LogP contribution is 2.31. The van der Waals surface area contributed by atoms with Gasteiger partial charge in [0.25, 0.3) is 0 Å².